The van der Waals surface area contributed by atoms with Crippen molar-refractivity contribution in [2.75, 3.05) is 19.7 Å². The second-order valence-corrected chi connectivity index (χ2v) is 15.8. The van der Waals surface area contributed by atoms with E-state index in [0.29, 0.717) is 11.6 Å². The largest absolute Gasteiger partial charge is 0.478 e. The van der Waals surface area contributed by atoms with E-state index in [1.165, 1.54) is 27.6 Å². The molecule has 1 aliphatic rings. The molecule has 0 spiro atoms. The Balaban J connectivity index is 1.53. The minimum atomic E-state index is -1.81. The highest BCUT2D eigenvalue weighted by Crippen LogP contribution is 2.38. The van der Waals surface area contributed by atoms with Gasteiger partial charge in [-0.05, 0) is 72.3 Å². The summed E-state index contributed by atoms with van der Waals surface area (Å²) in [6.07, 6.45) is 5.04. The third-order valence-electron chi connectivity index (χ3n) is 7.87. The van der Waals surface area contributed by atoms with E-state index in [0.717, 1.165) is 39.0 Å². The van der Waals surface area contributed by atoms with Crippen molar-refractivity contribution in [3.63, 3.8) is 0 Å². The van der Waals surface area contributed by atoms with E-state index in [1.54, 1.807) is 6.07 Å². The molecule has 1 unspecified atom stereocenters. The maximum absolute atomic E-state index is 11.4. The number of aromatic nitrogens is 1. The highest BCUT2D eigenvalue weighted by atomic mass is 28.4. The number of hydrogen-bond acceptors (Lipinski definition) is 3. The Morgan fingerprint density at radius 1 is 1.18 bits per heavy atom. The topological polar surface area (TPSA) is 65.6 Å². The third-order valence-corrected chi connectivity index (χ3v) is 12.4. The average molecular weight is 479 g/mol. The monoisotopic (exact) mass is 478 g/mol. The summed E-state index contributed by atoms with van der Waals surface area (Å²) in [5.41, 5.74) is 5.35. The van der Waals surface area contributed by atoms with Crippen LogP contribution in [0.1, 0.15) is 60.3 Å². The van der Waals surface area contributed by atoms with Gasteiger partial charge in [-0.2, -0.15) is 0 Å². The average Bonchev–Trinajstić information content (AvgIpc) is 3.39. The first kappa shape index (κ1) is 24.7. The molecule has 0 saturated carbocycles. The predicted octanol–water partition coefficient (Wildman–Crippen LogP) is 6.42. The van der Waals surface area contributed by atoms with Crippen molar-refractivity contribution >= 4 is 25.2 Å². The molecular formula is C28H38N2O3Si. The van der Waals surface area contributed by atoms with E-state index in [4.69, 9.17) is 4.43 Å². The van der Waals surface area contributed by atoms with Crippen LogP contribution < -0.4 is 0 Å². The van der Waals surface area contributed by atoms with Gasteiger partial charge < -0.3 is 14.5 Å². The minimum absolute atomic E-state index is 0.190. The van der Waals surface area contributed by atoms with Gasteiger partial charge >= 0.3 is 5.97 Å². The maximum Gasteiger partial charge on any atom is 0.335 e. The number of aromatic amines is 1. The second kappa shape index (κ2) is 9.68. The van der Waals surface area contributed by atoms with Crippen LogP contribution in [0.4, 0.5) is 0 Å². The molecule has 1 atom stereocenters. The van der Waals surface area contributed by atoms with Gasteiger partial charge in [0.2, 0.25) is 0 Å². The molecule has 34 heavy (non-hydrogen) atoms. The van der Waals surface area contributed by atoms with Gasteiger partial charge in [0.15, 0.2) is 8.32 Å². The third kappa shape index (κ3) is 5.14. The molecule has 0 aliphatic heterocycles. The molecule has 0 radical (unpaired) electrons. The van der Waals surface area contributed by atoms with Gasteiger partial charge in [0.25, 0.3) is 0 Å². The molecule has 0 fully saturated rings. The highest BCUT2D eigenvalue weighted by molar-refractivity contribution is 6.74. The first-order chi connectivity index (χ1) is 16.1. The summed E-state index contributed by atoms with van der Waals surface area (Å²) < 4.78 is 6.54. The number of carboxylic acid groups (broad SMARTS) is 1. The molecule has 1 heterocycles. The van der Waals surface area contributed by atoms with E-state index in [2.05, 4.69) is 74.2 Å². The normalized spacial score (nSPS) is 16.4. The molecule has 182 valence electrons. The number of hydrogen-bond donors (Lipinski definition) is 2. The van der Waals surface area contributed by atoms with Crippen molar-refractivity contribution in [1.29, 1.82) is 0 Å². The molecule has 4 rings (SSSR count). The molecule has 0 saturated heterocycles. The lowest BCUT2D eigenvalue weighted by molar-refractivity contribution is 0.0696. The number of fused-ring (bicyclic) bond motifs is 2. The summed E-state index contributed by atoms with van der Waals surface area (Å²) in [6.45, 7) is 14.0. The second-order valence-electron chi connectivity index (χ2n) is 11.0. The number of carbonyl (C=O) groups is 1. The van der Waals surface area contributed by atoms with Crippen LogP contribution in [0.2, 0.25) is 18.1 Å². The number of carboxylic acids is 1. The van der Waals surface area contributed by atoms with Crippen LogP contribution in [0.3, 0.4) is 0 Å². The van der Waals surface area contributed by atoms with Gasteiger partial charge in [0, 0.05) is 42.8 Å². The van der Waals surface area contributed by atoms with Crippen LogP contribution in [0.5, 0.6) is 0 Å². The van der Waals surface area contributed by atoms with Gasteiger partial charge in [-0.1, -0.05) is 45.0 Å². The molecule has 3 aromatic rings. The van der Waals surface area contributed by atoms with Crippen molar-refractivity contribution in [3.8, 4) is 0 Å². The molecule has 5 nitrogen and oxygen atoms in total. The standard InChI is InChI=1S/C28H38N2O3Si/c1-28(2,3)34(4,5)33-17-16-30(15-14-22-19-29-25-9-7-6-8-23(22)25)26-13-11-20-18-21(27(31)32)10-12-24(20)26/h6-10,12,18-19,26,29H,11,13-17H2,1-5H3,(H,31,32). The fraction of sp³-hybridized carbons (Fsp3) is 0.464. The van der Waals surface area contributed by atoms with E-state index in [1.807, 2.05) is 12.1 Å². The predicted molar refractivity (Wildman–Crippen MR) is 141 cm³/mol. The number of para-hydroxylation sites is 1. The van der Waals surface area contributed by atoms with Crippen molar-refractivity contribution < 1.29 is 14.3 Å². The van der Waals surface area contributed by atoms with Crippen LogP contribution in [0, 0.1) is 0 Å². The number of rotatable bonds is 9. The number of aromatic carboxylic acids is 1. The molecule has 0 amide bonds. The molecule has 2 aromatic carbocycles. The summed E-state index contributed by atoms with van der Waals surface area (Å²) in [5, 5.41) is 10.9. The lowest BCUT2D eigenvalue weighted by Gasteiger charge is -2.37. The number of benzene rings is 2. The molecular weight excluding hydrogens is 440 g/mol. The molecule has 2 N–H and O–H groups in total. The van der Waals surface area contributed by atoms with Crippen molar-refractivity contribution in [2.24, 2.45) is 0 Å². The van der Waals surface area contributed by atoms with Crippen LogP contribution in [-0.2, 0) is 17.3 Å². The van der Waals surface area contributed by atoms with Crippen LogP contribution in [0.15, 0.2) is 48.7 Å². The fourth-order valence-electron chi connectivity index (χ4n) is 4.77. The van der Waals surface area contributed by atoms with Gasteiger partial charge in [-0.25, -0.2) is 4.79 Å². The maximum atomic E-state index is 11.4. The quantitative estimate of drug-likeness (QED) is 0.348. The number of aryl methyl sites for hydroxylation is 1. The molecule has 1 aliphatic carbocycles. The Hall–Kier alpha value is -2.41. The van der Waals surface area contributed by atoms with Gasteiger partial charge in [0.1, 0.15) is 0 Å². The highest BCUT2D eigenvalue weighted by Gasteiger charge is 2.37. The lowest BCUT2D eigenvalue weighted by atomic mass is 10.0. The van der Waals surface area contributed by atoms with E-state index in [-0.39, 0.29) is 5.04 Å². The van der Waals surface area contributed by atoms with E-state index in [9.17, 15) is 9.90 Å². The zero-order chi connectivity index (χ0) is 24.5. The fourth-order valence-corrected chi connectivity index (χ4v) is 5.80. The van der Waals surface area contributed by atoms with Crippen molar-refractivity contribution in [2.45, 2.75) is 64.2 Å². The first-order valence-corrected chi connectivity index (χ1v) is 15.3. The number of H-pyrrole nitrogens is 1. The Bertz CT molecular complexity index is 1160. The summed E-state index contributed by atoms with van der Waals surface area (Å²) in [7, 11) is -1.81. The summed E-state index contributed by atoms with van der Waals surface area (Å²) >= 11 is 0. The zero-order valence-electron chi connectivity index (χ0n) is 21.1. The van der Waals surface area contributed by atoms with Crippen molar-refractivity contribution in [1.82, 2.24) is 9.88 Å². The van der Waals surface area contributed by atoms with Crippen LogP contribution in [0.25, 0.3) is 10.9 Å². The summed E-state index contributed by atoms with van der Waals surface area (Å²) in [6, 6.07) is 14.4. The van der Waals surface area contributed by atoms with Gasteiger partial charge in [-0.3, -0.25) is 4.90 Å². The summed E-state index contributed by atoms with van der Waals surface area (Å²) in [4.78, 5) is 17.4. The Morgan fingerprint density at radius 2 is 1.94 bits per heavy atom. The summed E-state index contributed by atoms with van der Waals surface area (Å²) in [5.74, 6) is -0.856. The molecule has 1 aromatic heterocycles. The number of nitrogens with one attached hydrogen (secondary N) is 1. The Kier molecular flexibility index (Phi) is 7.03. The van der Waals surface area contributed by atoms with Gasteiger partial charge in [0.05, 0.1) is 5.56 Å². The van der Waals surface area contributed by atoms with Crippen LogP contribution >= 0.6 is 0 Å². The number of nitrogens with zero attached hydrogens (tertiary/aromatic N) is 1. The molecule has 6 heteroatoms. The molecule has 0 bridgehead atoms. The zero-order valence-corrected chi connectivity index (χ0v) is 22.1. The van der Waals surface area contributed by atoms with Gasteiger partial charge in [-0.15, -0.1) is 0 Å². The lowest BCUT2D eigenvalue weighted by Crippen LogP contribution is -2.43. The van der Waals surface area contributed by atoms with E-state index < -0.39 is 14.3 Å². The van der Waals surface area contributed by atoms with Crippen molar-refractivity contribution in [3.05, 3.63) is 70.9 Å². The first-order valence-electron chi connectivity index (χ1n) is 12.4. The Labute approximate surface area is 204 Å². The van der Waals surface area contributed by atoms with Crippen LogP contribution in [-0.4, -0.2) is 49.0 Å². The SMILES string of the molecule is CC(C)(C)[Si](C)(C)OCCN(CCc1c[nH]c2ccccc12)C1CCc2cc(C(=O)O)ccc21. The van der Waals surface area contributed by atoms with E-state index >= 15 is 0 Å². The smallest absolute Gasteiger partial charge is 0.335 e. The Morgan fingerprint density at radius 3 is 2.68 bits per heavy atom. The minimum Gasteiger partial charge on any atom is -0.478 e.